The molecule has 0 nitrogen and oxygen atoms in total. The highest BCUT2D eigenvalue weighted by atomic mass is 32.2. The van der Waals surface area contributed by atoms with Crippen LogP contribution in [0, 0.1) is 19.8 Å². The van der Waals surface area contributed by atoms with Gasteiger partial charge >= 0.3 is 0 Å². The minimum absolute atomic E-state index is 0.336. The van der Waals surface area contributed by atoms with Gasteiger partial charge in [-0.2, -0.15) is 0 Å². The summed E-state index contributed by atoms with van der Waals surface area (Å²) < 4.78 is 0.336. The summed E-state index contributed by atoms with van der Waals surface area (Å²) in [4.78, 5) is 1.47. The first-order chi connectivity index (χ1) is 12.1. The molecule has 1 heterocycles. The number of fused-ring (bicyclic) bond motifs is 2. The largest absolute Gasteiger partial charge is 0.113 e. The van der Waals surface area contributed by atoms with Crippen molar-refractivity contribution in [2.45, 2.75) is 50.2 Å². The Morgan fingerprint density at radius 1 is 0.960 bits per heavy atom. The van der Waals surface area contributed by atoms with Gasteiger partial charge in [-0.05, 0) is 59.7 Å². The van der Waals surface area contributed by atoms with Crippen LogP contribution in [-0.2, 0) is 0 Å². The molecule has 2 aromatic rings. The average Bonchev–Trinajstić information content (AvgIpc) is 3.22. The fourth-order valence-corrected chi connectivity index (χ4v) is 5.95. The van der Waals surface area contributed by atoms with Crippen LogP contribution in [0.4, 0.5) is 0 Å². The molecule has 128 valence electrons. The van der Waals surface area contributed by atoms with Gasteiger partial charge in [-0.1, -0.05) is 68.8 Å². The van der Waals surface area contributed by atoms with Gasteiger partial charge in [0.2, 0.25) is 0 Å². The van der Waals surface area contributed by atoms with Crippen molar-refractivity contribution in [2.24, 2.45) is 5.92 Å². The first kappa shape index (κ1) is 16.7. The van der Waals surface area contributed by atoms with Gasteiger partial charge in [0.1, 0.15) is 0 Å². The van der Waals surface area contributed by atoms with Gasteiger partial charge in [0.05, 0.1) is 4.75 Å². The number of benzene rings is 2. The molecule has 2 aromatic carbocycles. The van der Waals surface area contributed by atoms with E-state index in [1.54, 1.807) is 11.1 Å². The van der Waals surface area contributed by atoms with Crippen LogP contribution in [0.5, 0.6) is 0 Å². The highest BCUT2D eigenvalue weighted by Gasteiger charge is 2.63. The van der Waals surface area contributed by atoms with Gasteiger partial charge in [-0.3, -0.25) is 0 Å². The van der Waals surface area contributed by atoms with Gasteiger partial charge in [0, 0.05) is 10.8 Å². The molecule has 1 fully saturated rings. The number of aryl methyl sites for hydroxylation is 2. The normalized spacial score (nSPS) is 24.9. The number of allylic oxidation sites excluding steroid dienone is 3. The van der Waals surface area contributed by atoms with Crippen molar-refractivity contribution < 1.29 is 0 Å². The molecule has 1 aliphatic heterocycles. The second-order valence-electron chi connectivity index (χ2n) is 7.42. The molecule has 2 atom stereocenters. The van der Waals surface area contributed by atoms with E-state index in [1.165, 1.54) is 40.0 Å². The molecule has 25 heavy (non-hydrogen) atoms. The zero-order chi connectivity index (χ0) is 17.6. The first-order valence-electron chi connectivity index (χ1n) is 9.39. The lowest BCUT2D eigenvalue weighted by Crippen LogP contribution is -2.10. The van der Waals surface area contributed by atoms with E-state index in [0.717, 1.165) is 0 Å². The maximum absolute atomic E-state index is 2.39. The third-order valence-electron chi connectivity index (χ3n) is 5.41. The summed E-state index contributed by atoms with van der Waals surface area (Å²) in [5.41, 5.74) is 8.88. The highest BCUT2D eigenvalue weighted by molar-refractivity contribution is 8.02. The molecule has 0 aromatic heterocycles. The minimum Gasteiger partial charge on any atom is -0.113 e. The van der Waals surface area contributed by atoms with Crippen LogP contribution >= 0.6 is 11.8 Å². The second-order valence-corrected chi connectivity index (χ2v) is 8.79. The Morgan fingerprint density at radius 2 is 1.64 bits per heavy atom. The molecular weight excluding hydrogens is 320 g/mol. The zero-order valence-corrected chi connectivity index (χ0v) is 16.4. The molecule has 3 aliphatic rings. The van der Waals surface area contributed by atoms with E-state index < -0.39 is 0 Å². The lowest BCUT2D eigenvalue weighted by molar-refractivity contribution is 1.06. The molecular formula is C24H26S. The number of hydrogen-bond acceptors (Lipinski definition) is 1. The van der Waals surface area contributed by atoms with E-state index >= 15 is 0 Å². The maximum atomic E-state index is 2.39. The van der Waals surface area contributed by atoms with Crippen LogP contribution < -0.4 is 0 Å². The Kier molecular flexibility index (Phi) is 4.16. The van der Waals surface area contributed by atoms with Crippen molar-refractivity contribution in [1.29, 1.82) is 0 Å². The minimum atomic E-state index is 0.336. The standard InChI is InChI=1S/C21H18S.C3H8/c1-13-6-5-7-14(2)20(13)16-10-11-17-15-8-3-4-9-19(15)22-21(17)12-18(16)21;1-3-2/h3-11,18H,12H2,1-2H3;3H2,1-2H3. The molecule has 2 unspecified atom stereocenters. The van der Waals surface area contributed by atoms with Crippen LogP contribution in [0.15, 0.2) is 59.5 Å². The molecule has 0 saturated heterocycles. The molecule has 2 aliphatic carbocycles. The summed E-state index contributed by atoms with van der Waals surface area (Å²) in [6.45, 7) is 8.74. The zero-order valence-electron chi connectivity index (χ0n) is 15.6. The predicted molar refractivity (Wildman–Crippen MR) is 111 cm³/mol. The molecule has 1 spiro atoms. The van der Waals surface area contributed by atoms with E-state index in [4.69, 9.17) is 0 Å². The first-order valence-corrected chi connectivity index (χ1v) is 10.2. The molecule has 1 saturated carbocycles. The molecule has 0 radical (unpaired) electrons. The summed E-state index contributed by atoms with van der Waals surface area (Å²) in [7, 11) is 0. The monoisotopic (exact) mass is 346 g/mol. The van der Waals surface area contributed by atoms with Gasteiger partial charge in [-0.15, -0.1) is 11.8 Å². The van der Waals surface area contributed by atoms with Gasteiger partial charge in [-0.25, -0.2) is 0 Å². The van der Waals surface area contributed by atoms with Crippen molar-refractivity contribution in [3.05, 3.63) is 76.9 Å². The predicted octanol–water partition coefficient (Wildman–Crippen LogP) is 7.06. The summed E-state index contributed by atoms with van der Waals surface area (Å²) in [5.74, 6) is 0.685. The van der Waals surface area contributed by atoms with E-state index in [2.05, 4.69) is 94.1 Å². The fourth-order valence-electron chi connectivity index (χ4n) is 4.32. The lowest BCUT2D eigenvalue weighted by atomic mass is 9.86. The van der Waals surface area contributed by atoms with Crippen molar-refractivity contribution in [3.63, 3.8) is 0 Å². The van der Waals surface area contributed by atoms with Crippen LogP contribution in [0.1, 0.15) is 48.9 Å². The van der Waals surface area contributed by atoms with Crippen molar-refractivity contribution in [3.8, 4) is 0 Å². The molecule has 0 N–H and O–H groups in total. The van der Waals surface area contributed by atoms with Gasteiger partial charge < -0.3 is 0 Å². The third-order valence-corrected chi connectivity index (χ3v) is 7.02. The Labute approximate surface area is 156 Å². The SMILES string of the molecule is CCC.Cc1cccc(C)c1C1=CC=C2c3ccccc3SC23CC13. The van der Waals surface area contributed by atoms with Crippen LogP contribution in [0.3, 0.4) is 0 Å². The van der Waals surface area contributed by atoms with Crippen LogP contribution in [0.25, 0.3) is 11.1 Å². The van der Waals surface area contributed by atoms with E-state index in [-0.39, 0.29) is 0 Å². The summed E-state index contributed by atoms with van der Waals surface area (Å²) in [6, 6.07) is 15.6. The smallest absolute Gasteiger partial charge is 0.0537 e. The van der Waals surface area contributed by atoms with Crippen molar-refractivity contribution in [2.75, 3.05) is 0 Å². The molecule has 1 heteroatoms. The summed E-state index contributed by atoms with van der Waals surface area (Å²) >= 11 is 2.10. The topological polar surface area (TPSA) is 0 Å². The molecule has 5 rings (SSSR count). The third kappa shape index (κ3) is 2.52. The molecule has 0 bridgehead atoms. The van der Waals surface area contributed by atoms with Crippen molar-refractivity contribution in [1.82, 2.24) is 0 Å². The van der Waals surface area contributed by atoms with Gasteiger partial charge in [0.15, 0.2) is 0 Å². The van der Waals surface area contributed by atoms with Gasteiger partial charge in [0.25, 0.3) is 0 Å². The highest BCUT2D eigenvalue weighted by Crippen LogP contribution is 2.73. The second kappa shape index (κ2) is 6.21. The Balaban J connectivity index is 0.000000490. The molecule has 0 amide bonds. The Hall–Kier alpha value is -1.73. The van der Waals surface area contributed by atoms with Crippen molar-refractivity contribution >= 4 is 22.9 Å². The lowest BCUT2D eigenvalue weighted by Gasteiger charge is -2.21. The number of thioether (sulfide) groups is 1. The summed E-state index contributed by atoms with van der Waals surface area (Å²) in [6.07, 6.45) is 7.32. The fraction of sp³-hybridized carbons (Fsp3) is 0.333. The Morgan fingerprint density at radius 3 is 2.36 bits per heavy atom. The maximum Gasteiger partial charge on any atom is 0.0537 e. The quantitative estimate of drug-likeness (QED) is 0.532. The number of hydrogen-bond donors (Lipinski definition) is 0. The van der Waals surface area contributed by atoms with E-state index in [0.29, 0.717) is 10.7 Å². The van der Waals surface area contributed by atoms with Crippen LogP contribution in [-0.4, -0.2) is 4.75 Å². The number of rotatable bonds is 1. The average molecular weight is 347 g/mol. The Bertz CT molecular complexity index is 866. The van der Waals surface area contributed by atoms with Crippen LogP contribution in [0.2, 0.25) is 0 Å². The summed E-state index contributed by atoms with van der Waals surface area (Å²) in [5, 5.41) is 0. The van der Waals surface area contributed by atoms with E-state index in [1.807, 2.05) is 0 Å². The van der Waals surface area contributed by atoms with E-state index in [9.17, 15) is 0 Å².